The quantitative estimate of drug-likeness (QED) is 0.886. The molecule has 2 fully saturated rings. The third kappa shape index (κ3) is 1.88. The van der Waals surface area contributed by atoms with Crippen molar-refractivity contribution in [3.63, 3.8) is 0 Å². The van der Waals surface area contributed by atoms with Crippen molar-refractivity contribution >= 4 is 5.69 Å². The fourth-order valence-corrected chi connectivity index (χ4v) is 5.44. The normalized spacial score (nSPS) is 38.3. The predicted molar refractivity (Wildman–Crippen MR) is 88.8 cm³/mol. The molecule has 3 aliphatic heterocycles. The summed E-state index contributed by atoms with van der Waals surface area (Å²) < 4.78 is 0. The average Bonchev–Trinajstić information content (AvgIpc) is 3.09. The van der Waals surface area contributed by atoms with Crippen LogP contribution in [0, 0.1) is 11.8 Å². The van der Waals surface area contributed by atoms with Crippen molar-refractivity contribution in [1.29, 1.82) is 0 Å². The Kier molecular flexibility index (Phi) is 3.25. The summed E-state index contributed by atoms with van der Waals surface area (Å²) in [5.74, 6) is 1.85. The molecular weight excluding hydrogens is 256 g/mol. The summed E-state index contributed by atoms with van der Waals surface area (Å²) in [6.07, 6.45) is 5.46. The van der Waals surface area contributed by atoms with Gasteiger partial charge in [-0.3, -0.25) is 4.90 Å². The Morgan fingerprint density at radius 3 is 2.81 bits per heavy atom. The molecule has 1 spiro atoms. The smallest absolute Gasteiger partial charge is 0.0380 e. The summed E-state index contributed by atoms with van der Waals surface area (Å²) in [7, 11) is 0. The van der Waals surface area contributed by atoms with Gasteiger partial charge in [0.05, 0.1) is 0 Å². The molecule has 0 bridgehead atoms. The third-order valence-electron chi connectivity index (χ3n) is 6.69. The van der Waals surface area contributed by atoms with Crippen LogP contribution in [0.3, 0.4) is 0 Å². The summed E-state index contributed by atoms with van der Waals surface area (Å²) in [5, 5.41) is 3.70. The van der Waals surface area contributed by atoms with Crippen molar-refractivity contribution in [3.8, 4) is 0 Å². The van der Waals surface area contributed by atoms with Gasteiger partial charge in [-0.25, -0.2) is 0 Å². The van der Waals surface area contributed by atoms with Crippen LogP contribution in [0.5, 0.6) is 0 Å². The Labute approximate surface area is 128 Å². The van der Waals surface area contributed by atoms with Crippen LogP contribution in [0.25, 0.3) is 0 Å². The van der Waals surface area contributed by atoms with Crippen LogP contribution in [0.1, 0.15) is 45.1 Å². The molecule has 2 heteroatoms. The van der Waals surface area contributed by atoms with E-state index in [1.54, 1.807) is 5.56 Å². The number of rotatable bonds is 2. The van der Waals surface area contributed by atoms with E-state index in [0.717, 1.165) is 24.4 Å². The van der Waals surface area contributed by atoms with Gasteiger partial charge < -0.3 is 5.32 Å². The number of nitrogens with zero attached hydrogens (tertiary/aromatic N) is 1. The van der Waals surface area contributed by atoms with Crippen molar-refractivity contribution in [2.24, 2.45) is 11.8 Å². The van der Waals surface area contributed by atoms with E-state index >= 15 is 0 Å². The highest BCUT2D eigenvalue weighted by molar-refractivity contribution is 5.61. The summed E-state index contributed by atoms with van der Waals surface area (Å²) in [6, 6.07) is 9.81. The zero-order valence-corrected chi connectivity index (χ0v) is 13.4. The monoisotopic (exact) mass is 284 g/mol. The van der Waals surface area contributed by atoms with Gasteiger partial charge in [-0.05, 0) is 42.9 Å². The van der Waals surface area contributed by atoms with Crippen molar-refractivity contribution in [1.82, 2.24) is 4.90 Å². The topological polar surface area (TPSA) is 15.3 Å². The van der Waals surface area contributed by atoms with E-state index in [-0.39, 0.29) is 0 Å². The molecule has 0 saturated carbocycles. The molecule has 114 valence electrons. The fourth-order valence-electron chi connectivity index (χ4n) is 5.44. The molecule has 4 unspecified atom stereocenters. The van der Waals surface area contributed by atoms with Gasteiger partial charge in [-0.15, -0.1) is 0 Å². The molecule has 1 N–H and O–H groups in total. The van der Waals surface area contributed by atoms with Crippen molar-refractivity contribution in [3.05, 3.63) is 29.8 Å². The maximum atomic E-state index is 3.70. The van der Waals surface area contributed by atoms with Crippen LogP contribution in [-0.2, 0) is 5.41 Å². The lowest BCUT2D eigenvalue weighted by atomic mass is 9.69. The maximum absolute atomic E-state index is 3.70. The number of benzene rings is 1. The SMILES string of the molecule is CCC1CC2N(CCC23CNc2ccccc23)CC1CC. The Morgan fingerprint density at radius 2 is 2.00 bits per heavy atom. The highest BCUT2D eigenvalue weighted by Crippen LogP contribution is 2.51. The van der Waals surface area contributed by atoms with E-state index < -0.39 is 0 Å². The Morgan fingerprint density at radius 1 is 1.19 bits per heavy atom. The zero-order valence-electron chi connectivity index (χ0n) is 13.4. The molecule has 3 heterocycles. The van der Waals surface area contributed by atoms with Gasteiger partial charge in [0.2, 0.25) is 0 Å². The van der Waals surface area contributed by atoms with Crippen molar-refractivity contribution in [2.45, 2.75) is 51.0 Å². The second kappa shape index (κ2) is 5.01. The van der Waals surface area contributed by atoms with E-state index in [0.29, 0.717) is 5.41 Å². The summed E-state index contributed by atoms with van der Waals surface area (Å²) in [6.45, 7) is 8.56. The van der Waals surface area contributed by atoms with Gasteiger partial charge in [-0.1, -0.05) is 44.9 Å². The predicted octanol–water partition coefficient (Wildman–Crippen LogP) is 3.88. The lowest BCUT2D eigenvalue weighted by molar-refractivity contribution is 0.0665. The van der Waals surface area contributed by atoms with E-state index in [4.69, 9.17) is 0 Å². The molecule has 21 heavy (non-hydrogen) atoms. The van der Waals surface area contributed by atoms with Crippen LogP contribution < -0.4 is 5.32 Å². The van der Waals surface area contributed by atoms with Gasteiger partial charge in [0, 0.05) is 30.2 Å². The first-order chi connectivity index (χ1) is 10.3. The minimum Gasteiger partial charge on any atom is -0.384 e. The van der Waals surface area contributed by atoms with Crippen LogP contribution in [0.15, 0.2) is 24.3 Å². The minimum absolute atomic E-state index is 0.392. The van der Waals surface area contributed by atoms with E-state index in [9.17, 15) is 0 Å². The van der Waals surface area contributed by atoms with Gasteiger partial charge in [0.15, 0.2) is 0 Å². The number of anilines is 1. The summed E-state index contributed by atoms with van der Waals surface area (Å²) in [4.78, 5) is 2.82. The lowest BCUT2D eigenvalue weighted by Gasteiger charge is -2.45. The average molecular weight is 284 g/mol. The Bertz CT molecular complexity index is 526. The molecule has 0 radical (unpaired) electrons. The fraction of sp³-hybridized carbons (Fsp3) is 0.684. The number of hydrogen-bond acceptors (Lipinski definition) is 2. The third-order valence-corrected chi connectivity index (χ3v) is 6.69. The first-order valence-corrected chi connectivity index (χ1v) is 8.86. The van der Waals surface area contributed by atoms with Gasteiger partial charge in [0.25, 0.3) is 0 Å². The van der Waals surface area contributed by atoms with E-state index in [1.165, 1.54) is 44.5 Å². The number of piperidine rings is 1. The van der Waals surface area contributed by atoms with Crippen LogP contribution >= 0.6 is 0 Å². The molecule has 3 aliphatic rings. The van der Waals surface area contributed by atoms with E-state index in [1.807, 2.05) is 0 Å². The van der Waals surface area contributed by atoms with E-state index in [2.05, 4.69) is 48.3 Å². The molecule has 4 rings (SSSR count). The lowest BCUT2D eigenvalue weighted by Crippen LogP contribution is -2.51. The van der Waals surface area contributed by atoms with Gasteiger partial charge in [0.1, 0.15) is 0 Å². The number of hydrogen-bond donors (Lipinski definition) is 1. The molecule has 0 aromatic heterocycles. The summed E-state index contributed by atoms with van der Waals surface area (Å²) >= 11 is 0. The molecule has 2 nitrogen and oxygen atoms in total. The Hall–Kier alpha value is -1.02. The van der Waals surface area contributed by atoms with Crippen LogP contribution in [0.4, 0.5) is 5.69 Å². The first-order valence-electron chi connectivity index (χ1n) is 8.86. The highest BCUT2D eigenvalue weighted by Gasteiger charge is 2.54. The number of para-hydroxylation sites is 1. The zero-order chi connectivity index (χ0) is 14.4. The summed E-state index contributed by atoms with van der Waals surface area (Å²) in [5.41, 5.74) is 3.38. The standard InChI is InChI=1S/C19H28N2/c1-3-14-11-18-19(9-10-21(18)12-15(14)4-2)13-20-17-8-6-5-7-16(17)19/h5-8,14-15,18,20H,3-4,9-13H2,1-2H3. The minimum atomic E-state index is 0.392. The molecule has 0 aliphatic carbocycles. The van der Waals surface area contributed by atoms with Crippen LogP contribution in [-0.4, -0.2) is 30.6 Å². The first kappa shape index (κ1) is 13.6. The molecule has 4 atom stereocenters. The second-order valence-electron chi connectivity index (χ2n) is 7.39. The molecule has 1 aromatic carbocycles. The number of nitrogens with one attached hydrogen (secondary N) is 1. The Balaban J connectivity index is 1.68. The molecule has 0 amide bonds. The maximum Gasteiger partial charge on any atom is 0.0380 e. The largest absolute Gasteiger partial charge is 0.384 e. The van der Waals surface area contributed by atoms with Crippen LogP contribution in [0.2, 0.25) is 0 Å². The molecule has 2 saturated heterocycles. The molecular formula is C19H28N2. The highest BCUT2D eigenvalue weighted by atomic mass is 15.2. The molecule has 1 aromatic rings. The van der Waals surface area contributed by atoms with Crippen molar-refractivity contribution in [2.75, 3.05) is 25.0 Å². The van der Waals surface area contributed by atoms with Gasteiger partial charge in [-0.2, -0.15) is 0 Å². The second-order valence-corrected chi connectivity index (χ2v) is 7.39. The van der Waals surface area contributed by atoms with Crippen molar-refractivity contribution < 1.29 is 0 Å². The number of fused-ring (bicyclic) bond motifs is 4. The van der Waals surface area contributed by atoms with Gasteiger partial charge >= 0.3 is 0 Å².